The quantitative estimate of drug-likeness (QED) is 0.353. The van der Waals surface area contributed by atoms with E-state index in [0.29, 0.717) is 24.6 Å². The zero-order chi connectivity index (χ0) is 24.0. The third-order valence-corrected chi connectivity index (χ3v) is 4.29. The van der Waals surface area contributed by atoms with Gasteiger partial charge in [-0.2, -0.15) is 0 Å². The van der Waals surface area contributed by atoms with E-state index in [9.17, 15) is 9.59 Å². The average Bonchev–Trinajstić information content (AvgIpc) is 3.51. The van der Waals surface area contributed by atoms with Crippen LogP contribution in [-0.4, -0.2) is 46.3 Å². The van der Waals surface area contributed by atoms with Crippen LogP contribution in [0.5, 0.6) is 0 Å². The lowest BCUT2D eigenvalue weighted by Gasteiger charge is -2.19. The Kier molecular flexibility index (Phi) is 7.48. The molecule has 3 rings (SSSR count). The number of nitrogens with two attached hydrogens (primary N) is 1. The first-order valence-electron chi connectivity index (χ1n) is 10.3. The molecule has 178 valence electrons. The van der Waals surface area contributed by atoms with Gasteiger partial charge in [0.15, 0.2) is 17.1 Å². The molecule has 0 fully saturated rings. The van der Waals surface area contributed by atoms with Gasteiger partial charge in [-0.3, -0.25) is 0 Å². The normalized spacial score (nSPS) is 12.4. The van der Waals surface area contributed by atoms with Gasteiger partial charge in [0.05, 0.1) is 13.2 Å². The number of nitrogens with zero attached hydrogens (tertiary/aromatic N) is 3. The van der Waals surface area contributed by atoms with Gasteiger partial charge in [0.25, 0.3) is 0 Å². The minimum absolute atomic E-state index is 0.0213. The Balaban J connectivity index is 1.49. The third kappa shape index (κ3) is 6.65. The summed E-state index contributed by atoms with van der Waals surface area (Å²) in [7, 11) is 1.25. The van der Waals surface area contributed by atoms with Crippen LogP contribution in [0.4, 0.5) is 4.79 Å². The molecule has 3 heterocycles. The van der Waals surface area contributed by atoms with E-state index >= 15 is 0 Å². The molecule has 0 saturated heterocycles. The topological polar surface area (TPSA) is 169 Å². The Bertz CT molecular complexity index is 1080. The first kappa shape index (κ1) is 24.0. The van der Waals surface area contributed by atoms with Crippen LogP contribution in [0.2, 0.25) is 0 Å². The molecule has 0 aliphatic rings. The second-order valence-electron chi connectivity index (χ2n) is 8.17. The van der Waals surface area contributed by atoms with Crippen molar-refractivity contribution in [2.45, 2.75) is 51.7 Å². The molecule has 0 saturated carbocycles. The molecular formula is C21H27N5O7. The van der Waals surface area contributed by atoms with Crippen molar-refractivity contribution in [1.29, 1.82) is 0 Å². The fraction of sp³-hybridized carbons (Fsp3) is 0.476. The molecule has 1 atom stereocenters. The largest absolute Gasteiger partial charge is 0.464 e. The van der Waals surface area contributed by atoms with Crippen LogP contribution in [-0.2, 0) is 9.47 Å². The number of unbranched alkanes of at least 4 members (excludes halogenated alkanes) is 1. The summed E-state index contributed by atoms with van der Waals surface area (Å²) in [5.41, 5.74) is 6.30. The first-order chi connectivity index (χ1) is 15.7. The highest BCUT2D eigenvalue weighted by Gasteiger charge is 2.20. The Morgan fingerprint density at radius 3 is 2.42 bits per heavy atom. The van der Waals surface area contributed by atoms with Crippen molar-refractivity contribution in [3.63, 3.8) is 0 Å². The number of rotatable bonds is 9. The van der Waals surface area contributed by atoms with E-state index in [4.69, 9.17) is 23.7 Å². The lowest BCUT2D eigenvalue weighted by molar-refractivity contribution is 0.0525. The summed E-state index contributed by atoms with van der Waals surface area (Å²) in [6, 6.07) is -0.427. The lowest BCUT2D eigenvalue weighted by atomic mass is 10.1. The molecule has 0 aliphatic heterocycles. The smallest absolute Gasteiger partial charge is 0.407 e. The van der Waals surface area contributed by atoms with E-state index in [1.54, 1.807) is 0 Å². The van der Waals surface area contributed by atoms with Crippen molar-refractivity contribution in [2.24, 2.45) is 5.73 Å². The van der Waals surface area contributed by atoms with Gasteiger partial charge >= 0.3 is 12.1 Å². The molecule has 1 amide bonds. The molecule has 0 aromatic carbocycles. The summed E-state index contributed by atoms with van der Waals surface area (Å²) in [6.45, 7) is 5.91. The van der Waals surface area contributed by atoms with Crippen molar-refractivity contribution < 1.29 is 32.3 Å². The van der Waals surface area contributed by atoms with E-state index in [1.807, 2.05) is 20.8 Å². The molecule has 3 N–H and O–H groups in total. The van der Waals surface area contributed by atoms with E-state index in [0.717, 1.165) is 12.8 Å². The van der Waals surface area contributed by atoms with Crippen molar-refractivity contribution in [1.82, 2.24) is 20.3 Å². The third-order valence-electron chi connectivity index (χ3n) is 4.29. The standard InChI is InChI=1S/C21H27N5O7/c1-21(2,3)33-20(28)23-8-6-5-7-12(22)16-24-13(9-30-16)17-25-14(10-31-17)18-26-15(11-32-18)19(27)29-4/h9-12H,5-8,22H2,1-4H3,(H,23,28). The molecule has 0 radical (unpaired) electrons. The second-order valence-corrected chi connectivity index (χ2v) is 8.17. The maximum absolute atomic E-state index is 11.6. The molecule has 1 unspecified atom stereocenters. The molecule has 0 spiro atoms. The molecular weight excluding hydrogens is 434 g/mol. The molecule has 3 aromatic heterocycles. The highest BCUT2D eigenvalue weighted by atomic mass is 16.6. The Morgan fingerprint density at radius 2 is 1.70 bits per heavy atom. The number of esters is 1. The summed E-state index contributed by atoms with van der Waals surface area (Å²) in [5, 5.41) is 2.70. The van der Waals surface area contributed by atoms with Crippen LogP contribution in [0.3, 0.4) is 0 Å². The van der Waals surface area contributed by atoms with Gasteiger partial charge in [0, 0.05) is 6.54 Å². The number of nitrogens with one attached hydrogen (secondary N) is 1. The number of alkyl carbamates (subject to hydrolysis) is 1. The van der Waals surface area contributed by atoms with Gasteiger partial charge in [-0.15, -0.1) is 0 Å². The van der Waals surface area contributed by atoms with E-state index in [1.165, 1.54) is 25.9 Å². The van der Waals surface area contributed by atoms with E-state index in [-0.39, 0.29) is 23.2 Å². The first-order valence-corrected chi connectivity index (χ1v) is 10.3. The van der Waals surface area contributed by atoms with Crippen molar-refractivity contribution in [2.75, 3.05) is 13.7 Å². The van der Waals surface area contributed by atoms with Crippen molar-refractivity contribution >= 4 is 12.1 Å². The summed E-state index contributed by atoms with van der Waals surface area (Å²) < 4.78 is 25.9. The number of hydrogen-bond donors (Lipinski definition) is 2. The molecule has 12 nitrogen and oxygen atoms in total. The number of carbonyl (C=O) groups is 2. The fourth-order valence-electron chi connectivity index (χ4n) is 2.75. The Hall–Kier alpha value is -3.67. The summed E-state index contributed by atoms with van der Waals surface area (Å²) >= 11 is 0. The predicted octanol–water partition coefficient (Wildman–Crippen LogP) is 3.47. The van der Waals surface area contributed by atoms with Crippen LogP contribution < -0.4 is 11.1 Å². The zero-order valence-electron chi connectivity index (χ0n) is 18.9. The monoisotopic (exact) mass is 461 g/mol. The van der Waals surface area contributed by atoms with Crippen molar-refractivity contribution in [3.05, 3.63) is 30.4 Å². The Morgan fingerprint density at radius 1 is 1.03 bits per heavy atom. The SMILES string of the molecule is COC(=O)c1coc(-c2coc(-c3coc(C(N)CCCCNC(=O)OC(C)(C)C)n3)n2)n1. The average molecular weight is 461 g/mol. The molecule has 33 heavy (non-hydrogen) atoms. The van der Waals surface area contributed by atoms with Crippen LogP contribution in [0.25, 0.3) is 23.2 Å². The number of methoxy groups -OCH3 is 1. The van der Waals surface area contributed by atoms with Gasteiger partial charge in [0.1, 0.15) is 24.4 Å². The van der Waals surface area contributed by atoms with E-state index in [2.05, 4.69) is 25.0 Å². The maximum atomic E-state index is 11.6. The summed E-state index contributed by atoms with van der Waals surface area (Å²) in [6.07, 6.45) is 5.54. The minimum atomic E-state index is -0.621. The fourth-order valence-corrected chi connectivity index (χ4v) is 2.75. The van der Waals surface area contributed by atoms with E-state index < -0.39 is 23.7 Å². The summed E-state index contributed by atoms with van der Waals surface area (Å²) in [5.74, 6) is 0.0100. The highest BCUT2D eigenvalue weighted by molar-refractivity contribution is 5.87. The number of amides is 1. The van der Waals surface area contributed by atoms with Crippen LogP contribution in [0.15, 0.2) is 32.0 Å². The molecule has 0 bridgehead atoms. The van der Waals surface area contributed by atoms with Crippen LogP contribution in [0.1, 0.15) is 62.5 Å². The van der Waals surface area contributed by atoms with Gasteiger partial charge in [-0.05, 0) is 40.0 Å². The number of hydrogen-bond acceptors (Lipinski definition) is 11. The maximum Gasteiger partial charge on any atom is 0.407 e. The number of oxazole rings is 3. The predicted molar refractivity (Wildman–Crippen MR) is 114 cm³/mol. The molecule has 12 heteroatoms. The number of ether oxygens (including phenoxy) is 2. The van der Waals surface area contributed by atoms with Gasteiger partial charge in [-0.25, -0.2) is 24.5 Å². The zero-order valence-corrected chi connectivity index (χ0v) is 18.9. The second kappa shape index (κ2) is 10.3. The molecule has 3 aromatic rings. The minimum Gasteiger partial charge on any atom is -0.464 e. The van der Waals surface area contributed by atoms with Crippen molar-refractivity contribution in [3.8, 4) is 23.2 Å². The lowest BCUT2D eigenvalue weighted by Crippen LogP contribution is -2.33. The van der Waals surface area contributed by atoms with Gasteiger partial charge < -0.3 is 33.8 Å². The van der Waals surface area contributed by atoms with Crippen LogP contribution in [0, 0.1) is 0 Å². The van der Waals surface area contributed by atoms with Gasteiger partial charge in [0.2, 0.25) is 17.7 Å². The van der Waals surface area contributed by atoms with Gasteiger partial charge in [-0.1, -0.05) is 0 Å². The number of aromatic nitrogens is 3. The highest BCUT2D eigenvalue weighted by Crippen LogP contribution is 2.26. The molecule has 0 aliphatic carbocycles. The number of carbonyl (C=O) groups excluding carboxylic acids is 2. The Labute approximate surface area is 189 Å². The van der Waals surface area contributed by atoms with Crippen LogP contribution >= 0.6 is 0 Å². The summed E-state index contributed by atoms with van der Waals surface area (Å²) in [4.78, 5) is 35.7.